The standard InChI is InChI=1S/C11H20O2S/c1-5-11(7-14-13)9(12)6-8(2)10(11,3)4/h8,13H,5-7H2,1-4H3. The van der Waals surface area contributed by atoms with Crippen molar-refractivity contribution in [3.63, 3.8) is 0 Å². The van der Waals surface area contributed by atoms with Gasteiger partial charge in [0.2, 0.25) is 0 Å². The van der Waals surface area contributed by atoms with Crippen molar-refractivity contribution in [1.29, 1.82) is 0 Å². The second kappa shape index (κ2) is 3.86. The summed E-state index contributed by atoms with van der Waals surface area (Å²) in [5.41, 5.74) is -0.305. The van der Waals surface area contributed by atoms with Gasteiger partial charge in [-0.25, -0.2) is 0 Å². The van der Waals surface area contributed by atoms with E-state index in [2.05, 4.69) is 20.8 Å². The summed E-state index contributed by atoms with van der Waals surface area (Å²) in [4.78, 5) is 12.0. The highest BCUT2D eigenvalue weighted by Gasteiger charge is 2.57. The van der Waals surface area contributed by atoms with Crippen molar-refractivity contribution in [1.82, 2.24) is 0 Å². The number of ketones is 1. The summed E-state index contributed by atoms with van der Waals surface area (Å²) in [5.74, 6) is 1.29. The van der Waals surface area contributed by atoms with Gasteiger partial charge in [-0.15, -0.1) is 0 Å². The van der Waals surface area contributed by atoms with Crippen LogP contribution in [-0.4, -0.2) is 16.1 Å². The van der Waals surface area contributed by atoms with E-state index in [-0.39, 0.29) is 10.8 Å². The first kappa shape index (κ1) is 12.1. The second-order valence-electron chi connectivity index (χ2n) is 4.96. The van der Waals surface area contributed by atoms with Gasteiger partial charge in [-0.3, -0.25) is 4.79 Å². The summed E-state index contributed by atoms with van der Waals surface area (Å²) in [6.07, 6.45) is 1.50. The fraction of sp³-hybridized carbons (Fsp3) is 0.909. The number of rotatable bonds is 3. The van der Waals surface area contributed by atoms with E-state index in [1.54, 1.807) is 0 Å². The quantitative estimate of drug-likeness (QED) is 0.736. The Morgan fingerprint density at radius 2 is 2.14 bits per heavy atom. The maximum atomic E-state index is 12.0. The lowest BCUT2D eigenvalue weighted by Gasteiger charge is -2.41. The molecule has 1 N–H and O–H groups in total. The minimum atomic E-state index is -0.314. The van der Waals surface area contributed by atoms with Gasteiger partial charge in [-0.2, -0.15) is 0 Å². The van der Waals surface area contributed by atoms with Crippen LogP contribution in [-0.2, 0) is 4.79 Å². The van der Waals surface area contributed by atoms with E-state index >= 15 is 0 Å². The molecule has 0 bridgehead atoms. The van der Waals surface area contributed by atoms with E-state index < -0.39 is 0 Å². The largest absolute Gasteiger partial charge is 0.330 e. The first-order chi connectivity index (χ1) is 6.42. The van der Waals surface area contributed by atoms with Crippen LogP contribution in [0.25, 0.3) is 0 Å². The van der Waals surface area contributed by atoms with Crippen LogP contribution >= 0.6 is 12.0 Å². The maximum Gasteiger partial charge on any atom is 0.140 e. The van der Waals surface area contributed by atoms with Gasteiger partial charge in [0.1, 0.15) is 5.78 Å². The molecule has 1 aliphatic carbocycles. The normalized spacial score (nSPS) is 36.4. The molecule has 0 saturated heterocycles. The van der Waals surface area contributed by atoms with Gasteiger partial charge in [0.05, 0.1) is 0 Å². The number of carbonyl (C=O) groups is 1. The van der Waals surface area contributed by atoms with Crippen molar-refractivity contribution < 1.29 is 9.35 Å². The van der Waals surface area contributed by atoms with Gasteiger partial charge < -0.3 is 4.55 Å². The molecular weight excluding hydrogens is 196 g/mol. The molecule has 1 aliphatic rings. The fourth-order valence-corrected chi connectivity index (χ4v) is 3.65. The molecule has 1 rings (SSSR count). The number of hydrogen-bond donors (Lipinski definition) is 1. The zero-order valence-corrected chi connectivity index (χ0v) is 10.3. The monoisotopic (exact) mass is 216 g/mol. The molecule has 2 nitrogen and oxygen atoms in total. The molecule has 1 saturated carbocycles. The van der Waals surface area contributed by atoms with Crippen LogP contribution in [0.2, 0.25) is 0 Å². The van der Waals surface area contributed by atoms with Crippen molar-refractivity contribution in [2.45, 2.75) is 40.5 Å². The molecule has 2 unspecified atom stereocenters. The molecule has 0 aromatic carbocycles. The van der Waals surface area contributed by atoms with Crippen molar-refractivity contribution in [2.24, 2.45) is 16.7 Å². The molecule has 0 heterocycles. The number of Topliss-reactive ketones (excluding diaryl/α,β-unsaturated/α-hetero) is 1. The fourth-order valence-electron chi connectivity index (χ4n) is 2.69. The predicted octanol–water partition coefficient (Wildman–Crippen LogP) is 3.22. The van der Waals surface area contributed by atoms with Crippen molar-refractivity contribution in [3.8, 4) is 0 Å². The smallest absolute Gasteiger partial charge is 0.140 e. The van der Waals surface area contributed by atoms with E-state index in [0.29, 0.717) is 23.9 Å². The van der Waals surface area contributed by atoms with Crippen LogP contribution in [0, 0.1) is 16.7 Å². The third kappa shape index (κ3) is 1.41. The summed E-state index contributed by atoms with van der Waals surface area (Å²) < 4.78 is 9.02. The van der Waals surface area contributed by atoms with Gasteiger partial charge in [0.15, 0.2) is 0 Å². The van der Waals surface area contributed by atoms with E-state index in [1.807, 2.05) is 6.92 Å². The molecule has 0 aromatic heterocycles. The Hall–Kier alpha value is -0.0200. The number of carbonyl (C=O) groups excluding carboxylic acids is 1. The molecule has 0 spiro atoms. The number of hydrogen-bond acceptors (Lipinski definition) is 3. The van der Waals surface area contributed by atoms with Crippen LogP contribution in [0.5, 0.6) is 0 Å². The average Bonchev–Trinajstić information content (AvgIpc) is 2.27. The highest BCUT2D eigenvalue weighted by Crippen LogP contribution is 2.56. The van der Waals surface area contributed by atoms with Crippen molar-refractivity contribution in [2.75, 3.05) is 5.75 Å². The molecule has 0 aromatic rings. The van der Waals surface area contributed by atoms with Gasteiger partial charge in [0.25, 0.3) is 0 Å². The molecule has 14 heavy (non-hydrogen) atoms. The van der Waals surface area contributed by atoms with E-state index in [1.165, 1.54) is 0 Å². The Morgan fingerprint density at radius 3 is 2.43 bits per heavy atom. The van der Waals surface area contributed by atoms with Gasteiger partial charge in [-0.1, -0.05) is 27.7 Å². The highest BCUT2D eigenvalue weighted by atomic mass is 32.2. The molecule has 2 atom stereocenters. The first-order valence-electron chi connectivity index (χ1n) is 5.22. The Labute approximate surface area is 90.7 Å². The van der Waals surface area contributed by atoms with Gasteiger partial charge in [-0.05, 0) is 29.8 Å². The minimum absolute atomic E-state index is 0.00850. The van der Waals surface area contributed by atoms with Crippen LogP contribution in [0.15, 0.2) is 0 Å². The van der Waals surface area contributed by atoms with Crippen LogP contribution in [0.4, 0.5) is 0 Å². The Morgan fingerprint density at radius 1 is 1.57 bits per heavy atom. The third-order valence-corrected chi connectivity index (χ3v) is 5.03. The van der Waals surface area contributed by atoms with Gasteiger partial charge >= 0.3 is 0 Å². The Balaban J connectivity index is 3.08. The Bertz CT molecular complexity index is 237. The summed E-state index contributed by atoms with van der Waals surface area (Å²) >= 11 is 0.810. The van der Waals surface area contributed by atoms with Crippen LogP contribution in [0.1, 0.15) is 40.5 Å². The summed E-state index contributed by atoms with van der Waals surface area (Å²) in [6, 6.07) is 0. The molecule has 1 fully saturated rings. The summed E-state index contributed by atoms with van der Waals surface area (Å²) in [6.45, 7) is 8.50. The lowest BCUT2D eigenvalue weighted by molar-refractivity contribution is -0.128. The third-order valence-electron chi connectivity index (χ3n) is 4.41. The molecule has 0 radical (unpaired) electrons. The van der Waals surface area contributed by atoms with Gasteiger partial charge in [0, 0.05) is 17.6 Å². The molecule has 3 heteroatoms. The van der Waals surface area contributed by atoms with Crippen molar-refractivity contribution in [3.05, 3.63) is 0 Å². The minimum Gasteiger partial charge on any atom is -0.330 e. The lowest BCUT2D eigenvalue weighted by atomic mass is 9.64. The zero-order valence-electron chi connectivity index (χ0n) is 9.46. The molecular formula is C11H20O2S. The van der Waals surface area contributed by atoms with Crippen LogP contribution in [0.3, 0.4) is 0 Å². The summed E-state index contributed by atoms with van der Waals surface area (Å²) in [7, 11) is 0. The topological polar surface area (TPSA) is 37.3 Å². The first-order valence-corrected chi connectivity index (χ1v) is 6.16. The van der Waals surface area contributed by atoms with E-state index in [0.717, 1.165) is 18.5 Å². The Kier molecular flexibility index (Phi) is 3.32. The van der Waals surface area contributed by atoms with Crippen LogP contribution < -0.4 is 0 Å². The highest BCUT2D eigenvalue weighted by molar-refractivity contribution is 7.93. The SMILES string of the molecule is CCC1(CSO)C(=O)CC(C)C1(C)C. The zero-order chi connectivity index (χ0) is 11.0. The lowest BCUT2D eigenvalue weighted by Crippen LogP contribution is -2.41. The predicted molar refractivity (Wildman–Crippen MR) is 60.4 cm³/mol. The average molecular weight is 216 g/mol. The summed E-state index contributed by atoms with van der Waals surface area (Å²) in [5, 5.41) is 0. The second-order valence-corrected chi connectivity index (χ2v) is 5.51. The van der Waals surface area contributed by atoms with E-state index in [4.69, 9.17) is 4.55 Å². The molecule has 0 amide bonds. The van der Waals surface area contributed by atoms with Crippen molar-refractivity contribution >= 4 is 17.8 Å². The maximum absolute atomic E-state index is 12.0. The molecule has 0 aliphatic heterocycles. The van der Waals surface area contributed by atoms with E-state index in [9.17, 15) is 4.79 Å². The molecule has 82 valence electrons.